The third-order valence-corrected chi connectivity index (χ3v) is 3.51. The quantitative estimate of drug-likeness (QED) is 0.843. The van der Waals surface area contributed by atoms with Crippen molar-refractivity contribution in [3.63, 3.8) is 0 Å². The highest BCUT2D eigenvalue weighted by molar-refractivity contribution is 5.53. The van der Waals surface area contributed by atoms with Crippen molar-refractivity contribution in [1.82, 2.24) is 4.98 Å². The molecule has 1 fully saturated rings. The highest BCUT2D eigenvalue weighted by Crippen LogP contribution is 2.31. The lowest BCUT2D eigenvalue weighted by molar-refractivity contribution is 0.439. The van der Waals surface area contributed by atoms with Gasteiger partial charge in [-0.05, 0) is 30.4 Å². The van der Waals surface area contributed by atoms with E-state index in [2.05, 4.69) is 23.3 Å². The number of nitrogens with one attached hydrogen (secondary N) is 1. The summed E-state index contributed by atoms with van der Waals surface area (Å²) in [7, 11) is 0. The molecule has 84 valence electrons. The molecule has 3 nitrogen and oxygen atoms in total. The lowest BCUT2D eigenvalue weighted by atomic mass is 9.98. The lowest BCUT2D eigenvalue weighted by Crippen LogP contribution is -2.17. The van der Waals surface area contributed by atoms with Gasteiger partial charge in [0.2, 0.25) is 0 Å². The maximum absolute atomic E-state index is 8.91. The van der Waals surface area contributed by atoms with Gasteiger partial charge in [-0.2, -0.15) is 5.26 Å². The predicted molar refractivity (Wildman–Crippen MR) is 63.9 cm³/mol. The van der Waals surface area contributed by atoms with Gasteiger partial charge < -0.3 is 5.32 Å². The molecule has 0 radical (unpaired) electrons. The molecule has 1 N–H and O–H groups in total. The summed E-state index contributed by atoms with van der Waals surface area (Å²) in [5.74, 6) is 1.54. The van der Waals surface area contributed by atoms with Crippen LogP contribution in [0.15, 0.2) is 18.3 Å². The van der Waals surface area contributed by atoms with Crippen molar-refractivity contribution in [3.05, 3.63) is 24.0 Å². The van der Waals surface area contributed by atoms with Crippen LogP contribution in [0.4, 0.5) is 5.69 Å². The van der Waals surface area contributed by atoms with Crippen molar-refractivity contribution in [2.75, 3.05) is 11.9 Å². The van der Waals surface area contributed by atoms with Crippen molar-refractivity contribution < 1.29 is 0 Å². The van der Waals surface area contributed by atoms with Gasteiger partial charge in [-0.25, -0.2) is 4.98 Å². The second-order valence-electron chi connectivity index (χ2n) is 4.56. The van der Waals surface area contributed by atoms with E-state index < -0.39 is 0 Å². The van der Waals surface area contributed by atoms with Gasteiger partial charge in [-0.1, -0.05) is 19.8 Å². The molecule has 1 aliphatic carbocycles. The summed E-state index contributed by atoms with van der Waals surface area (Å²) in [4.78, 5) is 4.04. The molecule has 1 saturated carbocycles. The molecule has 0 spiro atoms. The lowest BCUT2D eigenvalue weighted by Gasteiger charge is -2.16. The Hall–Kier alpha value is -1.56. The van der Waals surface area contributed by atoms with Crippen LogP contribution in [0, 0.1) is 23.2 Å². The molecule has 3 heteroatoms. The van der Waals surface area contributed by atoms with Crippen molar-refractivity contribution in [3.8, 4) is 6.07 Å². The van der Waals surface area contributed by atoms with E-state index in [1.54, 1.807) is 6.20 Å². The smallest absolute Gasteiger partial charge is 0.163 e. The number of pyridine rings is 1. The molecule has 2 unspecified atom stereocenters. The molecule has 1 aromatic rings. The molecule has 0 saturated heterocycles. The zero-order valence-corrected chi connectivity index (χ0v) is 9.61. The summed E-state index contributed by atoms with van der Waals surface area (Å²) in [5.41, 5.74) is 1.36. The summed E-state index contributed by atoms with van der Waals surface area (Å²) < 4.78 is 0. The van der Waals surface area contributed by atoms with Gasteiger partial charge in [-0.3, -0.25) is 0 Å². The Labute approximate surface area is 96.5 Å². The van der Waals surface area contributed by atoms with Crippen LogP contribution < -0.4 is 5.32 Å². The Balaban J connectivity index is 1.97. The van der Waals surface area contributed by atoms with E-state index in [0.29, 0.717) is 5.69 Å². The van der Waals surface area contributed by atoms with Crippen LogP contribution in [0.3, 0.4) is 0 Å². The van der Waals surface area contributed by atoms with Crippen LogP contribution >= 0.6 is 0 Å². The SMILES string of the molecule is CC1CCCC1CNc1cccnc1C#N. The van der Waals surface area contributed by atoms with Crippen LogP contribution in [0.25, 0.3) is 0 Å². The number of anilines is 1. The molecule has 2 atom stereocenters. The van der Waals surface area contributed by atoms with Gasteiger partial charge in [0.15, 0.2) is 5.69 Å². The highest BCUT2D eigenvalue weighted by Gasteiger charge is 2.22. The molecule has 2 rings (SSSR count). The van der Waals surface area contributed by atoms with Gasteiger partial charge in [0.1, 0.15) is 6.07 Å². The zero-order valence-electron chi connectivity index (χ0n) is 9.61. The number of nitrogens with zero attached hydrogens (tertiary/aromatic N) is 2. The molecule has 1 aromatic heterocycles. The molecule has 0 aromatic carbocycles. The first-order valence-corrected chi connectivity index (χ1v) is 5.90. The first kappa shape index (κ1) is 10.9. The van der Waals surface area contributed by atoms with E-state index in [1.165, 1.54) is 19.3 Å². The van der Waals surface area contributed by atoms with E-state index in [1.807, 2.05) is 12.1 Å². The molecule has 0 aliphatic heterocycles. The number of rotatable bonds is 3. The molecular formula is C13H17N3. The van der Waals surface area contributed by atoms with Crippen LogP contribution in [-0.2, 0) is 0 Å². The maximum atomic E-state index is 8.91. The van der Waals surface area contributed by atoms with E-state index in [0.717, 1.165) is 24.1 Å². The van der Waals surface area contributed by atoms with E-state index in [-0.39, 0.29) is 0 Å². The Bertz CT molecular complexity index is 394. The fourth-order valence-corrected chi connectivity index (χ4v) is 2.40. The minimum Gasteiger partial charge on any atom is -0.382 e. The zero-order chi connectivity index (χ0) is 11.4. The Morgan fingerprint density at radius 3 is 3.12 bits per heavy atom. The van der Waals surface area contributed by atoms with Crippen LogP contribution in [-0.4, -0.2) is 11.5 Å². The minimum atomic E-state index is 0.494. The van der Waals surface area contributed by atoms with Crippen LogP contribution in [0.5, 0.6) is 0 Å². The van der Waals surface area contributed by atoms with Crippen molar-refractivity contribution >= 4 is 5.69 Å². The second kappa shape index (κ2) is 4.98. The van der Waals surface area contributed by atoms with Gasteiger partial charge in [0.05, 0.1) is 5.69 Å². The van der Waals surface area contributed by atoms with Gasteiger partial charge in [0.25, 0.3) is 0 Å². The topological polar surface area (TPSA) is 48.7 Å². The van der Waals surface area contributed by atoms with Crippen molar-refractivity contribution in [1.29, 1.82) is 5.26 Å². The van der Waals surface area contributed by atoms with Crippen molar-refractivity contribution in [2.24, 2.45) is 11.8 Å². The molecule has 0 bridgehead atoms. The summed E-state index contributed by atoms with van der Waals surface area (Å²) >= 11 is 0. The largest absolute Gasteiger partial charge is 0.382 e. The average molecular weight is 215 g/mol. The second-order valence-corrected chi connectivity index (χ2v) is 4.56. The van der Waals surface area contributed by atoms with Gasteiger partial charge >= 0.3 is 0 Å². The Kier molecular flexibility index (Phi) is 3.40. The minimum absolute atomic E-state index is 0.494. The van der Waals surface area contributed by atoms with Crippen LogP contribution in [0.2, 0.25) is 0 Å². The number of aromatic nitrogens is 1. The fraction of sp³-hybridized carbons (Fsp3) is 0.538. The standard InChI is InChI=1S/C13H17N3/c1-10-4-2-5-11(10)9-16-12-6-3-7-15-13(12)8-14/h3,6-7,10-11,16H,2,4-5,9H2,1H3. The molecule has 0 amide bonds. The summed E-state index contributed by atoms with van der Waals surface area (Å²) in [5, 5.41) is 12.3. The first-order valence-electron chi connectivity index (χ1n) is 5.90. The maximum Gasteiger partial charge on any atom is 0.163 e. The third-order valence-electron chi connectivity index (χ3n) is 3.51. The Morgan fingerprint density at radius 2 is 2.44 bits per heavy atom. The number of hydrogen-bond donors (Lipinski definition) is 1. The summed E-state index contributed by atoms with van der Waals surface area (Å²) in [6.45, 7) is 3.27. The van der Waals surface area contributed by atoms with Crippen LogP contribution in [0.1, 0.15) is 31.9 Å². The third kappa shape index (κ3) is 2.33. The number of nitriles is 1. The van der Waals surface area contributed by atoms with E-state index in [4.69, 9.17) is 5.26 Å². The summed E-state index contributed by atoms with van der Waals surface area (Å²) in [6, 6.07) is 5.89. The molecule has 1 aliphatic rings. The van der Waals surface area contributed by atoms with Gasteiger partial charge in [0, 0.05) is 12.7 Å². The molecule has 1 heterocycles. The number of hydrogen-bond acceptors (Lipinski definition) is 3. The van der Waals surface area contributed by atoms with E-state index >= 15 is 0 Å². The van der Waals surface area contributed by atoms with Crippen molar-refractivity contribution in [2.45, 2.75) is 26.2 Å². The van der Waals surface area contributed by atoms with Gasteiger partial charge in [-0.15, -0.1) is 0 Å². The summed E-state index contributed by atoms with van der Waals surface area (Å²) in [6.07, 6.45) is 5.63. The molecule has 16 heavy (non-hydrogen) atoms. The monoisotopic (exact) mass is 215 g/mol. The Morgan fingerprint density at radius 1 is 1.56 bits per heavy atom. The predicted octanol–water partition coefficient (Wildman–Crippen LogP) is 2.80. The van der Waals surface area contributed by atoms with E-state index in [9.17, 15) is 0 Å². The first-order chi connectivity index (χ1) is 7.81. The molecular weight excluding hydrogens is 198 g/mol. The fourth-order valence-electron chi connectivity index (χ4n) is 2.40. The highest BCUT2D eigenvalue weighted by atomic mass is 14.9. The average Bonchev–Trinajstić information content (AvgIpc) is 2.72. The normalized spacial score (nSPS) is 24.0.